The quantitative estimate of drug-likeness (QED) is 0.809. The molecule has 0 unspecified atom stereocenters. The minimum absolute atomic E-state index is 0.132. The summed E-state index contributed by atoms with van der Waals surface area (Å²) in [6, 6.07) is 4.62. The minimum Gasteiger partial charge on any atom is -0.504 e. The van der Waals surface area contributed by atoms with Gasteiger partial charge in [0, 0.05) is 24.4 Å². The van der Waals surface area contributed by atoms with E-state index in [0.717, 1.165) is 6.07 Å². The van der Waals surface area contributed by atoms with E-state index in [1.807, 2.05) is 0 Å². The van der Waals surface area contributed by atoms with E-state index in [1.54, 1.807) is 0 Å². The molecule has 8 heteroatoms. The maximum atomic E-state index is 13.4. The number of hydrogen-bond acceptors (Lipinski definition) is 3. The van der Waals surface area contributed by atoms with Crippen LogP contribution in [0.2, 0.25) is 0 Å². The first-order valence-corrected chi connectivity index (χ1v) is 6.09. The number of hydrogen-bond donors (Lipinski definition) is 2. The fraction of sp³-hybridized carbons (Fsp3) is 0.214. The summed E-state index contributed by atoms with van der Waals surface area (Å²) in [4.78, 5) is 3.73. The van der Waals surface area contributed by atoms with E-state index in [1.165, 1.54) is 18.3 Å². The topological polar surface area (TPSA) is 45.2 Å². The van der Waals surface area contributed by atoms with Crippen LogP contribution in [0.25, 0.3) is 0 Å². The molecule has 0 atom stereocenters. The van der Waals surface area contributed by atoms with Crippen molar-refractivity contribution >= 4 is 11.5 Å². The molecule has 0 saturated heterocycles. The van der Waals surface area contributed by atoms with Gasteiger partial charge < -0.3 is 10.4 Å². The Morgan fingerprint density at radius 3 is 2.23 bits per heavy atom. The number of pyridine rings is 1. The van der Waals surface area contributed by atoms with E-state index in [2.05, 4.69) is 10.3 Å². The Morgan fingerprint density at radius 2 is 1.68 bits per heavy atom. The Balaban J connectivity index is 2.49. The lowest BCUT2D eigenvalue weighted by Crippen LogP contribution is -2.12. The van der Waals surface area contributed by atoms with E-state index in [4.69, 9.17) is 0 Å². The average molecular weight is 318 g/mol. The summed E-state index contributed by atoms with van der Waals surface area (Å²) < 4.78 is 65.2. The second-order valence-corrected chi connectivity index (χ2v) is 4.68. The van der Waals surface area contributed by atoms with E-state index in [9.17, 15) is 27.1 Å². The molecule has 1 aromatic heterocycles. The number of alkyl halides is 5. The number of anilines is 2. The largest absolute Gasteiger partial charge is 0.504 e. The molecule has 0 bridgehead atoms. The normalized spacial score (nSPS) is 12.3. The van der Waals surface area contributed by atoms with E-state index in [-0.39, 0.29) is 17.3 Å². The summed E-state index contributed by atoms with van der Waals surface area (Å²) in [5.74, 6) is -3.89. The smallest absolute Gasteiger partial charge is 0.416 e. The van der Waals surface area contributed by atoms with Gasteiger partial charge in [-0.25, -0.2) is 13.8 Å². The molecular formula is C14H11F5N2O. The average Bonchev–Trinajstić information content (AvgIpc) is 2.39. The summed E-state index contributed by atoms with van der Waals surface area (Å²) >= 11 is 0. The fourth-order valence-corrected chi connectivity index (χ4v) is 1.75. The lowest BCUT2D eigenvalue weighted by Gasteiger charge is -2.17. The monoisotopic (exact) mass is 318 g/mol. The van der Waals surface area contributed by atoms with Gasteiger partial charge in [-0.1, -0.05) is 0 Å². The van der Waals surface area contributed by atoms with Crippen LogP contribution < -0.4 is 5.32 Å². The van der Waals surface area contributed by atoms with Crippen LogP contribution in [0.15, 0.2) is 36.5 Å². The molecule has 1 aromatic carbocycles. The van der Waals surface area contributed by atoms with Crippen LogP contribution >= 0.6 is 0 Å². The maximum absolute atomic E-state index is 13.4. The zero-order chi connectivity index (χ0) is 16.5. The van der Waals surface area contributed by atoms with Crippen LogP contribution in [0.4, 0.5) is 33.5 Å². The number of aromatic hydroxyl groups is 1. The maximum Gasteiger partial charge on any atom is 0.416 e. The lowest BCUT2D eigenvalue weighted by molar-refractivity contribution is -0.137. The summed E-state index contributed by atoms with van der Waals surface area (Å²) in [5, 5.41) is 11.9. The number of halogens is 5. The van der Waals surface area contributed by atoms with Crippen molar-refractivity contribution in [2.75, 3.05) is 5.32 Å². The second kappa shape index (κ2) is 5.43. The number of nitrogens with zero attached hydrogens (tertiary/aromatic N) is 1. The molecule has 0 radical (unpaired) electrons. The van der Waals surface area contributed by atoms with Gasteiger partial charge in [-0.15, -0.1) is 0 Å². The lowest BCUT2D eigenvalue weighted by atomic mass is 10.0. The van der Waals surface area contributed by atoms with E-state index < -0.39 is 23.2 Å². The van der Waals surface area contributed by atoms with Crippen molar-refractivity contribution in [2.45, 2.75) is 19.0 Å². The van der Waals surface area contributed by atoms with Gasteiger partial charge in [0.1, 0.15) is 0 Å². The van der Waals surface area contributed by atoms with E-state index >= 15 is 0 Å². The summed E-state index contributed by atoms with van der Waals surface area (Å²) in [7, 11) is 0. The molecule has 0 fully saturated rings. The molecular weight excluding hydrogens is 307 g/mol. The summed E-state index contributed by atoms with van der Waals surface area (Å²) in [6.07, 6.45) is -3.48. The van der Waals surface area contributed by atoms with Crippen molar-refractivity contribution in [3.05, 3.63) is 47.7 Å². The Labute approximate surface area is 122 Å². The first kappa shape index (κ1) is 16.0. The van der Waals surface area contributed by atoms with Crippen molar-refractivity contribution in [3.63, 3.8) is 0 Å². The number of benzene rings is 1. The third-order valence-electron chi connectivity index (χ3n) is 2.82. The highest BCUT2D eigenvalue weighted by atomic mass is 19.4. The van der Waals surface area contributed by atoms with E-state index in [0.29, 0.717) is 19.1 Å². The third kappa shape index (κ3) is 3.63. The van der Waals surface area contributed by atoms with Crippen molar-refractivity contribution in [3.8, 4) is 5.75 Å². The SMILES string of the molecule is CC(F)(F)c1cc(Nc2ncccc2O)cc(C(F)(F)F)c1. The Morgan fingerprint density at radius 1 is 1.05 bits per heavy atom. The van der Waals surface area contributed by atoms with Gasteiger partial charge in [-0.3, -0.25) is 0 Å². The fourth-order valence-electron chi connectivity index (χ4n) is 1.75. The molecule has 0 saturated carbocycles. The van der Waals surface area contributed by atoms with Gasteiger partial charge in [0.25, 0.3) is 5.92 Å². The van der Waals surface area contributed by atoms with Gasteiger partial charge in [0.2, 0.25) is 0 Å². The third-order valence-corrected chi connectivity index (χ3v) is 2.82. The minimum atomic E-state index is -4.77. The van der Waals surface area contributed by atoms with Gasteiger partial charge in [-0.2, -0.15) is 13.2 Å². The molecule has 2 N–H and O–H groups in total. The highest BCUT2D eigenvalue weighted by Crippen LogP contribution is 2.37. The summed E-state index contributed by atoms with van der Waals surface area (Å²) in [6.45, 7) is 0.504. The van der Waals surface area contributed by atoms with Crippen molar-refractivity contribution in [2.24, 2.45) is 0 Å². The molecule has 1 heterocycles. The van der Waals surface area contributed by atoms with Crippen LogP contribution in [-0.2, 0) is 12.1 Å². The zero-order valence-corrected chi connectivity index (χ0v) is 11.2. The molecule has 3 nitrogen and oxygen atoms in total. The number of rotatable bonds is 3. The molecule has 0 aliphatic heterocycles. The van der Waals surface area contributed by atoms with Gasteiger partial charge in [0.05, 0.1) is 5.56 Å². The molecule has 0 spiro atoms. The van der Waals surface area contributed by atoms with Gasteiger partial charge >= 0.3 is 6.18 Å². The van der Waals surface area contributed by atoms with Crippen LogP contribution in [0.5, 0.6) is 5.75 Å². The first-order chi connectivity index (χ1) is 10.1. The standard InChI is InChI=1S/C14H11F5N2O/c1-13(15,16)8-5-9(14(17,18)19)7-10(6-8)21-12-11(22)3-2-4-20-12/h2-7,22H,1H3,(H,20,21). The molecule has 0 aliphatic carbocycles. The second-order valence-electron chi connectivity index (χ2n) is 4.68. The van der Waals surface area contributed by atoms with Gasteiger partial charge in [0.15, 0.2) is 11.6 Å². The summed E-state index contributed by atoms with van der Waals surface area (Å²) in [5.41, 5.74) is -2.26. The molecule has 0 amide bonds. The van der Waals surface area contributed by atoms with Crippen LogP contribution in [0.3, 0.4) is 0 Å². The molecule has 2 rings (SSSR count). The Kier molecular flexibility index (Phi) is 3.95. The Bertz CT molecular complexity index is 647. The predicted molar refractivity (Wildman–Crippen MR) is 70.2 cm³/mol. The van der Waals surface area contributed by atoms with Crippen LogP contribution in [-0.4, -0.2) is 10.1 Å². The molecule has 0 aliphatic rings. The zero-order valence-electron chi connectivity index (χ0n) is 11.2. The number of aromatic nitrogens is 1. The van der Waals surface area contributed by atoms with Crippen LogP contribution in [0.1, 0.15) is 18.1 Å². The molecule has 2 aromatic rings. The Hall–Kier alpha value is -2.38. The number of nitrogens with one attached hydrogen (secondary N) is 1. The highest BCUT2D eigenvalue weighted by molar-refractivity contribution is 5.63. The highest BCUT2D eigenvalue weighted by Gasteiger charge is 2.34. The predicted octanol–water partition coefficient (Wildman–Crippen LogP) is 4.66. The van der Waals surface area contributed by atoms with Crippen molar-refractivity contribution in [1.82, 2.24) is 4.98 Å². The van der Waals surface area contributed by atoms with Crippen molar-refractivity contribution < 1.29 is 27.1 Å². The first-order valence-electron chi connectivity index (χ1n) is 6.09. The van der Waals surface area contributed by atoms with Gasteiger partial charge in [-0.05, 0) is 30.3 Å². The molecule has 118 valence electrons. The van der Waals surface area contributed by atoms with Crippen molar-refractivity contribution in [1.29, 1.82) is 0 Å². The molecule has 22 heavy (non-hydrogen) atoms. The van der Waals surface area contributed by atoms with Crippen LogP contribution in [0, 0.1) is 0 Å².